The van der Waals surface area contributed by atoms with Crippen molar-refractivity contribution in [2.45, 2.75) is 10.3 Å². The molecule has 82 valence electrons. The molecule has 0 aliphatic carbocycles. The van der Waals surface area contributed by atoms with Crippen molar-refractivity contribution in [1.29, 1.82) is 0 Å². The fourth-order valence-corrected chi connectivity index (χ4v) is 4.20. The zero-order valence-corrected chi connectivity index (χ0v) is 9.76. The highest BCUT2D eigenvalue weighted by Gasteiger charge is 2.24. The highest BCUT2D eigenvalue weighted by atomic mass is 32.2. The molecule has 0 N–H and O–H groups in total. The first-order valence-electron chi connectivity index (χ1n) is 4.69. The second-order valence-corrected chi connectivity index (χ2v) is 6.57. The van der Waals surface area contributed by atoms with Crippen LogP contribution >= 0.6 is 11.8 Å². The SMILES string of the molecule is O=S(=O)(CC1OCCS1)c1ccccc1. The lowest BCUT2D eigenvalue weighted by molar-refractivity contribution is 0.157. The van der Waals surface area contributed by atoms with Crippen molar-refractivity contribution in [1.82, 2.24) is 0 Å². The van der Waals surface area contributed by atoms with E-state index in [0.29, 0.717) is 11.5 Å². The molecule has 1 saturated heterocycles. The van der Waals surface area contributed by atoms with Crippen LogP contribution in [0.5, 0.6) is 0 Å². The number of rotatable bonds is 3. The molecule has 0 amide bonds. The second-order valence-electron chi connectivity index (χ2n) is 3.27. The van der Waals surface area contributed by atoms with Gasteiger partial charge in [0.05, 0.1) is 17.3 Å². The molecule has 3 nitrogen and oxygen atoms in total. The molecule has 1 heterocycles. The molecule has 0 saturated carbocycles. The van der Waals surface area contributed by atoms with E-state index in [4.69, 9.17) is 4.74 Å². The lowest BCUT2D eigenvalue weighted by Gasteiger charge is -2.09. The third kappa shape index (κ3) is 2.74. The molecule has 1 fully saturated rings. The normalized spacial score (nSPS) is 21.7. The molecular weight excluding hydrogens is 232 g/mol. The lowest BCUT2D eigenvalue weighted by Crippen LogP contribution is -2.18. The molecule has 1 atom stereocenters. The summed E-state index contributed by atoms with van der Waals surface area (Å²) in [6.07, 6.45) is 0. The number of benzene rings is 1. The Morgan fingerprint density at radius 2 is 2.07 bits per heavy atom. The Morgan fingerprint density at radius 3 is 2.67 bits per heavy atom. The van der Waals surface area contributed by atoms with Gasteiger partial charge < -0.3 is 4.74 Å². The molecular formula is C10H12O3S2. The topological polar surface area (TPSA) is 43.4 Å². The van der Waals surface area contributed by atoms with Crippen LogP contribution in [0.15, 0.2) is 35.2 Å². The fourth-order valence-electron chi connectivity index (χ4n) is 1.41. The van der Waals surface area contributed by atoms with Gasteiger partial charge in [0.25, 0.3) is 0 Å². The molecule has 1 unspecified atom stereocenters. The van der Waals surface area contributed by atoms with E-state index in [9.17, 15) is 8.42 Å². The predicted octanol–water partition coefficient (Wildman–Crippen LogP) is 1.55. The third-order valence-electron chi connectivity index (χ3n) is 2.15. The highest BCUT2D eigenvalue weighted by molar-refractivity contribution is 8.01. The zero-order valence-electron chi connectivity index (χ0n) is 8.13. The molecule has 1 aromatic carbocycles. The maximum Gasteiger partial charge on any atom is 0.181 e. The van der Waals surface area contributed by atoms with Crippen LogP contribution < -0.4 is 0 Å². The van der Waals surface area contributed by atoms with Crippen LogP contribution in [0.25, 0.3) is 0 Å². The van der Waals surface area contributed by atoms with Gasteiger partial charge in [-0.15, -0.1) is 11.8 Å². The average Bonchev–Trinajstić information content (AvgIpc) is 2.71. The average molecular weight is 244 g/mol. The largest absolute Gasteiger partial charge is 0.366 e. The first kappa shape index (κ1) is 11.0. The minimum atomic E-state index is -3.19. The Kier molecular flexibility index (Phi) is 3.33. The van der Waals surface area contributed by atoms with E-state index < -0.39 is 9.84 Å². The molecule has 2 rings (SSSR count). The van der Waals surface area contributed by atoms with Crippen molar-refractivity contribution in [2.24, 2.45) is 0 Å². The Bertz CT molecular complexity index is 408. The molecule has 15 heavy (non-hydrogen) atoms. The number of hydrogen-bond donors (Lipinski definition) is 0. The Morgan fingerprint density at radius 1 is 1.33 bits per heavy atom. The van der Waals surface area contributed by atoms with E-state index in [1.165, 1.54) is 0 Å². The Labute approximate surface area is 93.7 Å². The van der Waals surface area contributed by atoms with E-state index in [-0.39, 0.29) is 11.2 Å². The second kappa shape index (κ2) is 4.55. The fraction of sp³-hybridized carbons (Fsp3) is 0.400. The summed E-state index contributed by atoms with van der Waals surface area (Å²) in [5.41, 5.74) is -0.199. The summed E-state index contributed by atoms with van der Waals surface area (Å²) in [6, 6.07) is 8.51. The van der Waals surface area contributed by atoms with Crippen molar-refractivity contribution in [3.8, 4) is 0 Å². The van der Waals surface area contributed by atoms with Crippen LogP contribution in [0.2, 0.25) is 0 Å². The van der Waals surface area contributed by atoms with Gasteiger partial charge in [-0.25, -0.2) is 8.42 Å². The van der Waals surface area contributed by atoms with Gasteiger partial charge in [0, 0.05) is 5.75 Å². The van der Waals surface area contributed by atoms with E-state index in [1.54, 1.807) is 42.1 Å². The monoisotopic (exact) mass is 244 g/mol. The predicted molar refractivity (Wildman–Crippen MR) is 60.7 cm³/mol. The summed E-state index contributed by atoms with van der Waals surface area (Å²) in [7, 11) is -3.19. The smallest absolute Gasteiger partial charge is 0.181 e. The van der Waals surface area contributed by atoms with Crippen molar-refractivity contribution in [3.63, 3.8) is 0 Å². The van der Waals surface area contributed by atoms with Crippen molar-refractivity contribution < 1.29 is 13.2 Å². The summed E-state index contributed by atoms with van der Waals surface area (Å²) in [5, 5.41) is 0. The van der Waals surface area contributed by atoms with Gasteiger partial charge in [0.15, 0.2) is 9.84 Å². The minimum absolute atomic E-state index is 0.0711. The molecule has 1 aliphatic rings. The molecule has 1 aliphatic heterocycles. The lowest BCUT2D eigenvalue weighted by atomic mass is 10.4. The van der Waals surface area contributed by atoms with Crippen molar-refractivity contribution in [3.05, 3.63) is 30.3 Å². The van der Waals surface area contributed by atoms with Crippen LogP contribution in [-0.2, 0) is 14.6 Å². The number of hydrogen-bond acceptors (Lipinski definition) is 4. The zero-order chi connectivity index (χ0) is 10.7. The Hall–Kier alpha value is -0.520. The molecule has 0 spiro atoms. The van der Waals surface area contributed by atoms with Crippen LogP contribution in [0.1, 0.15) is 0 Å². The van der Waals surface area contributed by atoms with E-state index in [1.807, 2.05) is 0 Å². The molecule has 0 aromatic heterocycles. The van der Waals surface area contributed by atoms with Crippen molar-refractivity contribution >= 4 is 21.6 Å². The maximum atomic E-state index is 11.9. The van der Waals surface area contributed by atoms with Gasteiger partial charge in [0.2, 0.25) is 0 Å². The maximum absolute atomic E-state index is 11.9. The van der Waals surface area contributed by atoms with Gasteiger partial charge in [0.1, 0.15) is 5.44 Å². The molecule has 0 bridgehead atoms. The first-order valence-corrected chi connectivity index (χ1v) is 7.39. The van der Waals surface area contributed by atoms with Crippen LogP contribution in [0, 0.1) is 0 Å². The van der Waals surface area contributed by atoms with E-state index in [0.717, 1.165) is 5.75 Å². The Balaban J connectivity index is 2.13. The summed E-state index contributed by atoms with van der Waals surface area (Å²) in [5.74, 6) is 0.955. The number of thioether (sulfide) groups is 1. The quantitative estimate of drug-likeness (QED) is 0.809. The number of ether oxygens (including phenoxy) is 1. The molecule has 0 radical (unpaired) electrons. The van der Waals surface area contributed by atoms with Gasteiger partial charge in [-0.1, -0.05) is 18.2 Å². The van der Waals surface area contributed by atoms with E-state index >= 15 is 0 Å². The molecule has 1 aromatic rings. The first-order chi connectivity index (χ1) is 7.18. The van der Waals surface area contributed by atoms with Gasteiger partial charge >= 0.3 is 0 Å². The number of sulfone groups is 1. The minimum Gasteiger partial charge on any atom is -0.366 e. The van der Waals surface area contributed by atoms with Gasteiger partial charge in [-0.2, -0.15) is 0 Å². The summed E-state index contributed by atoms with van der Waals surface area (Å²) >= 11 is 1.56. The van der Waals surface area contributed by atoms with Crippen LogP contribution in [0.3, 0.4) is 0 Å². The van der Waals surface area contributed by atoms with Crippen molar-refractivity contribution in [2.75, 3.05) is 18.1 Å². The standard InChI is InChI=1S/C10H12O3S2/c11-15(12,8-10-13-6-7-14-10)9-4-2-1-3-5-9/h1-5,10H,6-8H2. The van der Waals surface area contributed by atoms with Gasteiger partial charge in [-0.3, -0.25) is 0 Å². The third-order valence-corrected chi connectivity index (χ3v) is 5.17. The molecule has 5 heteroatoms. The summed E-state index contributed by atoms with van der Waals surface area (Å²) < 4.78 is 29.1. The summed E-state index contributed by atoms with van der Waals surface area (Å²) in [6.45, 7) is 0.652. The van der Waals surface area contributed by atoms with Crippen LogP contribution in [-0.4, -0.2) is 32.0 Å². The highest BCUT2D eigenvalue weighted by Crippen LogP contribution is 2.23. The summed E-state index contributed by atoms with van der Waals surface area (Å²) in [4.78, 5) is 0.376. The van der Waals surface area contributed by atoms with E-state index in [2.05, 4.69) is 0 Å². The van der Waals surface area contributed by atoms with Gasteiger partial charge in [-0.05, 0) is 12.1 Å². The van der Waals surface area contributed by atoms with Crippen LogP contribution in [0.4, 0.5) is 0 Å².